The van der Waals surface area contributed by atoms with Crippen molar-refractivity contribution < 1.29 is 9.59 Å². The topological polar surface area (TPSA) is 58.2 Å². The summed E-state index contributed by atoms with van der Waals surface area (Å²) in [5.41, 5.74) is 3.98. The molecule has 2 aromatic carbocycles. The number of benzene rings is 2. The molecular weight excluding hydrogens is 332 g/mol. The van der Waals surface area contributed by atoms with Crippen LogP contribution in [0.3, 0.4) is 0 Å². The van der Waals surface area contributed by atoms with Gasteiger partial charge in [-0.1, -0.05) is 6.07 Å². The normalized spacial score (nSPS) is 12.8. The van der Waals surface area contributed by atoms with Crippen molar-refractivity contribution in [1.82, 2.24) is 0 Å². The molecular formula is C16H13BrN2O2. The molecule has 0 atom stereocenters. The van der Waals surface area contributed by atoms with Gasteiger partial charge >= 0.3 is 0 Å². The molecule has 1 aliphatic rings. The number of halogens is 1. The van der Waals surface area contributed by atoms with Crippen LogP contribution >= 0.6 is 15.9 Å². The molecule has 0 radical (unpaired) electrons. The average molecular weight is 345 g/mol. The third-order valence-electron chi connectivity index (χ3n) is 3.36. The van der Waals surface area contributed by atoms with Crippen molar-refractivity contribution in [2.75, 3.05) is 10.6 Å². The summed E-state index contributed by atoms with van der Waals surface area (Å²) in [6.07, 6.45) is 0.324. The number of nitrogens with one attached hydrogen (secondary N) is 2. The molecule has 0 aromatic heterocycles. The molecule has 5 heteroatoms. The number of rotatable bonds is 2. The molecule has 0 bridgehead atoms. The van der Waals surface area contributed by atoms with E-state index in [4.69, 9.17) is 0 Å². The minimum Gasteiger partial charge on any atom is -0.326 e. The van der Waals surface area contributed by atoms with E-state index in [1.54, 1.807) is 18.2 Å². The molecule has 2 aromatic rings. The molecule has 0 saturated heterocycles. The molecule has 4 nitrogen and oxygen atoms in total. The largest absolute Gasteiger partial charge is 0.326 e. The summed E-state index contributed by atoms with van der Waals surface area (Å²) in [4.78, 5) is 23.7. The van der Waals surface area contributed by atoms with E-state index < -0.39 is 0 Å². The zero-order valence-electron chi connectivity index (χ0n) is 11.4. The smallest absolute Gasteiger partial charge is 0.255 e. The average Bonchev–Trinajstić information content (AvgIpc) is 2.81. The highest BCUT2D eigenvalue weighted by atomic mass is 79.9. The second kappa shape index (κ2) is 5.33. The Morgan fingerprint density at radius 3 is 2.86 bits per heavy atom. The lowest BCUT2D eigenvalue weighted by Gasteiger charge is -2.09. The summed E-state index contributed by atoms with van der Waals surface area (Å²) in [6.45, 7) is 1.97. The van der Waals surface area contributed by atoms with Crippen molar-refractivity contribution in [3.63, 3.8) is 0 Å². The van der Waals surface area contributed by atoms with Gasteiger partial charge in [0.05, 0.1) is 12.1 Å². The maximum Gasteiger partial charge on any atom is 0.255 e. The minimum atomic E-state index is -0.191. The number of carbonyl (C=O) groups excluding carboxylic acids is 2. The van der Waals surface area contributed by atoms with Gasteiger partial charge in [-0.2, -0.15) is 0 Å². The number of amides is 2. The highest BCUT2D eigenvalue weighted by molar-refractivity contribution is 9.10. The lowest BCUT2D eigenvalue weighted by atomic mass is 10.1. The molecule has 1 aliphatic heterocycles. The van der Waals surface area contributed by atoms with E-state index in [0.717, 1.165) is 27.0 Å². The zero-order valence-corrected chi connectivity index (χ0v) is 13.0. The van der Waals surface area contributed by atoms with Gasteiger partial charge in [-0.25, -0.2) is 0 Å². The van der Waals surface area contributed by atoms with Gasteiger partial charge in [0.15, 0.2) is 0 Å². The van der Waals surface area contributed by atoms with Gasteiger partial charge in [0.25, 0.3) is 5.91 Å². The van der Waals surface area contributed by atoms with E-state index in [1.165, 1.54) is 0 Å². The molecule has 2 amide bonds. The highest BCUT2D eigenvalue weighted by Gasteiger charge is 2.19. The Morgan fingerprint density at radius 2 is 2.05 bits per heavy atom. The van der Waals surface area contributed by atoms with Crippen LogP contribution in [0.1, 0.15) is 21.5 Å². The van der Waals surface area contributed by atoms with E-state index >= 15 is 0 Å². The summed E-state index contributed by atoms with van der Waals surface area (Å²) in [5.74, 6) is -0.229. The summed E-state index contributed by atoms with van der Waals surface area (Å²) < 4.78 is 0.833. The first-order chi connectivity index (χ1) is 10.0. The van der Waals surface area contributed by atoms with Crippen LogP contribution < -0.4 is 10.6 Å². The fourth-order valence-corrected chi connectivity index (χ4v) is 2.65. The maximum atomic E-state index is 12.3. The predicted molar refractivity (Wildman–Crippen MR) is 85.6 cm³/mol. The number of hydrogen-bond donors (Lipinski definition) is 2. The van der Waals surface area contributed by atoms with E-state index in [1.807, 2.05) is 25.1 Å². The van der Waals surface area contributed by atoms with Gasteiger partial charge in [-0.05, 0) is 64.3 Å². The Bertz CT molecular complexity index is 756. The van der Waals surface area contributed by atoms with Gasteiger partial charge in [0, 0.05) is 15.7 Å². The summed E-state index contributed by atoms with van der Waals surface area (Å²) in [6, 6.07) is 11.0. The van der Waals surface area contributed by atoms with Crippen molar-refractivity contribution in [1.29, 1.82) is 0 Å². The van der Waals surface area contributed by atoms with Crippen LogP contribution in [0.25, 0.3) is 0 Å². The van der Waals surface area contributed by atoms with Crippen LogP contribution in [0.2, 0.25) is 0 Å². The second-order valence-corrected chi connectivity index (χ2v) is 5.89. The van der Waals surface area contributed by atoms with Gasteiger partial charge in [-0.15, -0.1) is 0 Å². The summed E-state index contributed by atoms with van der Waals surface area (Å²) >= 11 is 3.42. The third kappa shape index (κ3) is 2.83. The maximum absolute atomic E-state index is 12.3. The zero-order chi connectivity index (χ0) is 15.0. The van der Waals surface area contributed by atoms with Crippen molar-refractivity contribution >= 4 is 39.1 Å². The standard InChI is InChI=1S/C16H13BrN2O2/c1-9-2-4-12(17)14(6-9)19-16(21)10-3-5-13-11(7-10)8-15(20)18-13/h2-7H,8H2,1H3,(H,18,20)(H,19,21). The lowest BCUT2D eigenvalue weighted by molar-refractivity contribution is -0.115. The van der Waals surface area contributed by atoms with Crippen LogP contribution in [0.15, 0.2) is 40.9 Å². The Balaban J connectivity index is 1.85. The molecule has 0 fully saturated rings. The molecule has 106 valence electrons. The number of hydrogen-bond acceptors (Lipinski definition) is 2. The molecule has 21 heavy (non-hydrogen) atoms. The van der Waals surface area contributed by atoms with Crippen LogP contribution in [0.4, 0.5) is 11.4 Å². The van der Waals surface area contributed by atoms with Gasteiger partial charge in [0.2, 0.25) is 5.91 Å². The van der Waals surface area contributed by atoms with E-state index in [9.17, 15) is 9.59 Å². The van der Waals surface area contributed by atoms with Crippen LogP contribution in [-0.4, -0.2) is 11.8 Å². The quantitative estimate of drug-likeness (QED) is 0.875. The minimum absolute atomic E-state index is 0.0380. The number of aryl methyl sites for hydroxylation is 1. The van der Waals surface area contributed by atoms with E-state index in [2.05, 4.69) is 26.6 Å². The fourth-order valence-electron chi connectivity index (χ4n) is 2.30. The van der Waals surface area contributed by atoms with Gasteiger partial charge in [0.1, 0.15) is 0 Å². The van der Waals surface area contributed by atoms with Crippen molar-refractivity contribution in [2.45, 2.75) is 13.3 Å². The first kappa shape index (κ1) is 13.8. The molecule has 2 N–H and O–H groups in total. The Labute approximate surface area is 130 Å². The first-order valence-corrected chi connectivity index (χ1v) is 7.32. The predicted octanol–water partition coefficient (Wildman–Crippen LogP) is 3.50. The number of fused-ring (bicyclic) bond motifs is 1. The fraction of sp³-hybridized carbons (Fsp3) is 0.125. The van der Waals surface area contributed by atoms with Crippen LogP contribution in [-0.2, 0) is 11.2 Å². The third-order valence-corrected chi connectivity index (χ3v) is 4.05. The number of carbonyl (C=O) groups is 2. The van der Waals surface area contributed by atoms with Gasteiger partial charge in [-0.3, -0.25) is 9.59 Å². The van der Waals surface area contributed by atoms with E-state index in [-0.39, 0.29) is 11.8 Å². The van der Waals surface area contributed by atoms with E-state index in [0.29, 0.717) is 12.0 Å². The number of anilines is 2. The van der Waals surface area contributed by atoms with Crippen molar-refractivity contribution in [3.05, 3.63) is 57.6 Å². The molecule has 0 spiro atoms. The van der Waals surface area contributed by atoms with Crippen LogP contribution in [0, 0.1) is 6.92 Å². The molecule has 1 heterocycles. The Morgan fingerprint density at radius 1 is 1.24 bits per heavy atom. The lowest BCUT2D eigenvalue weighted by Crippen LogP contribution is -2.12. The second-order valence-electron chi connectivity index (χ2n) is 5.03. The highest BCUT2D eigenvalue weighted by Crippen LogP contribution is 2.26. The van der Waals surface area contributed by atoms with Crippen LogP contribution in [0.5, 0.6) is 0 Å². The molecule has 0 aliphatic carbocycles. The monoisotopic (exact) mass is 344 g/mol. The summed E-state index contributed by atoms with van der Waals surface area (Å²) in [7, 11) is 0. The van der Waals surface area contributed by atoms with Gasteiger partial charge < -0.3 is 10.6 Å². The molecule has 0 saturated carbocycles. The molecule has 3 rings (SSSR count). The van der Waals surface area contributed by atoms with Crippen molar-refractivity contribution in [3.8, 4) is 0 Å². The first-order valence-electron chi connectivity index (χ1n) is 6.53. The Kier molecular flexibility index (Phi) is 3.51. The summed E-state index contributed by atoms with van der Waals surface area (Å²) in [5, 5.41) is 5.63. The molecule has 0 unspecified atom stereocenters. The Hall–Kier alpha value is -2.14. The SMILES string of the molecule is Cc1ccc(Br)c(NC(=O)c2ccc3c(c2)CC(=O)N3)c1. The van der Waals surface area contributed by atoms with Crippen molar-refractivity contribution in [2.24, 2.45) is 0 Å².